The van der Waals surface area contributed by atoms with Crippen LogP contribution in [0.25, 0.3) is 0 Å². The van der Waals surface area contributed by atoms with Crippen molar-refractivity contribution in [3.63, 3.8) is 0 Å². The Balaban J connectivity index is 2.00. The molecule has 0 aliphatic heterocycles. The number of halogens is 1. The summed E-state index contributed by atoms with van der Waals surface area (Å²) in [4.78, 5) is 36.1. The maximum atomic E-state index is 12.5. The van der Waals surface area contributed by atoms with Crippen molar-refractivity contribution >= 4 is 41.1 Å². The van der Waals surface area contributed by atoms with Crippen LogP contribution < -0.4 is 11.1 Å². The number of nitrogens with two attached hydrogens (primary N) is 1. The van der Waals surface area contributed by atoms with Gasteiger partial charge in [-0.2, -0.15) is 11.8 Å². The molecule has 0 radical (unpaired) electrons. The molecular weight excluding hydrogens is 400 g/mol. The summed E-state index contributed by atoms with van der Waals surface area (Å²) >= 11 is 7.61. The number of ether oxygens (including phenoxy) is 1. The van der Waals surface area contributed by atoms with Gasteiger partial charge in [0.05, 0.1) is 10.6 Å². The van der Waals surface area contributed by atoms with Crippen LogP contribution in [0.4, 0.5) is 0 Å². The fourth-order valence-electron chi connectivity index (χ4n) is 2.39. The lowest BCUT2D eigenvalue weighted by atomic mass is 10.1. The smallest absolute Gasteiger partial charge is 0.329 e. The fraction of sp³-hybridized carbons (Fsp3) is 0.250. The Hall–Kier alpha value is -2.51. The van der Waals surface area contributed by atoms with E-state index in [2.05, 4.69) is 5.32 Å². The summed E-state index contributed by atoms with van der Waals surface area (Å²) in [5.41, 5.74) is 6.58. The van der Waals surface area contributed by atoms with Crippen molar-refractivity contribution in [2.45, 2.75) is 19.1 Å². The van der Waals surface area contributed by atoms with Crippen LogP contribution in [0.1, 0.15) is 32.7 Å². The summed E-state index contributed by atoms with van der Waals surface area (Å²) in [6.45, 7) is 0.0234. The van der Waals surface area contributed by atoms with Crippen molar-refractivity contribution in [3.05, 3.63) is 70.2 Å². The van der Waals surface area contributed by atoms with Gasteiger partial charge in [0.25, 0.3) is 5.91 Å². The number of hydrogen-bond donors (Lipinski definition) is 2. The summed E-state index contributed by atoms with van der Waals surface area (Å²) < 4.78 is 5.34. The van der Waals surface area contributed by atoms with Crippen molar-refractivity contribution < 1.29 is 19.1 Å². The van der Waals surface area contributed by atoms with Crippen LogP contribution in [0, 0.1) is 0 Å². The standard InChI is InChI=1S/C20H21ClN2O4S/c1-28-11-10-17(23-19(25)15-4-2-3-5-16(15)21)20(26)27-12-13-6-8-14(9-7-13)18(22)24/h2-9,17H,10-12H2,1H3,(H2,22,24)(H,23,25). The van der Waals surface area contributed by atoms with Gasteiger partial charge in [0.1, 0.15) is 12.6 Å². The van der Waals surface area contributed by atoms with Gasteiger partial charge in [0.2, 0.25) is 5.91 Å². The van der Waals surface area contributed by atoms with Crippen LogP contribution in [0.3, 0.4) is 0 Å². The predicted molar refractivity (Wildman–Crippen MR) is 110 cm³/mol. The average Bonchev–Trinajstić information content (AvgIpc) is 2.69. The molecule has 0 aromatic heterocycles. The van der Waals surface area contributed by atoms with E-state index in [1.54, 1.807) is 60.3 Å². The molecule has 28 heavy (non-hydrogen) atoms. The zero-order valence-corrected chi connectivity index (χ0v) is 16.9. The number of benzene rings is 2. The van der Waals surface area contributed by atoms with Gasteiger partial charge in [0, 0.05) is 5.56 Å². The molecule has 0 spiro atoms. The van der Waals surface area contributed by atoms with Gasteiger partial charge in [-0.1, -0.05) is 35.9 Å². The Labute approximate surface area is 172 Å². The van der Waals surface area contributed by atoms with Crippen molar-refractivity contribution in [3.8, 4) is 0 Å². The van der Waals surface area contributed by atoms with Gasteiger partial charge in [-0.25, -0.2) is 4.79 Å². The summed E-state index contributed by atoms with van der Waals surface area (Å²) in [6, 6.07) is 12.3. The Bertz CT molecular complexity index is 842. The van der Waals surface area contributed by atoms with Crippen LogP contribution in [0.15, 0.2) is 48.5 Å². The van der Waals surface area contributed by atoms with E-state index in [9.17, 15) is 14.4 Å². The van der Waals surface area contributed by atoms with Crippen molar-refractivity contribution in [1.82, 2.24) is 5.32 Å². The molecule has 1 unspecified atom stereocenters. The van der Waals surface area contributed by atoms with E-state index in [4.69, 9.17) is 22.1 Å². The number of thioether (sulfide) groups is 1. The van der Waals surface area contributed by atoms with Crippen LogP contribution in [-0.4, -0.2) is 35.8 Å². The highest BCUT2D eigenvalue weighted by atomic mass is 35.5. The zero-order chi connectivity index (χ0) is 20.5. The van der Waals surface area contributed by atoms with E-state index in [0.29, 0.717) is 33.9 Å². The third kappa shape index (κ3) is 6.28. The third-order valence-corrected chi connectivity index (χ3v) is 4.91. The van der Waals surface area contributed by atoms with Crippen molar-refractivity contribution in [1.29, 1.82) is 0 Å². The van der Waals surface area contributed by atoms with E-state index in [0.717, 1.165) is 0 Å². The number of primary amides is 1. The van der Waals surface area contributed by atoms with Gasteiger partial charge in [0.15, 0.2) is 0 Å². The van der Waals surface area contributed by atoms with Crippen molar-refractivity contribution in [2.75, 3.05) is 12.0 Å². The molecule has 1 atom stereocenters. The maximum absolute atomic E-state index is 12.5. The molecule has 2 aromatic rings. The van der Waals surface area contributed by atoms with E-state index in [1.807, 2.05) is 6.26 Å². The number of carbonyl (C=O) groups is 3. The third-order valence-electron chi connectivity index (χ3n) is 3.94. The SMILES string of the molecule is CSCCC(NC(=O)c1ccccc1Cl)C(=O)OCc1ccc(C(N)=O)cc1. The van der Waals surface area contributed by atoms with Gasteiger partial charge in [-0.05, 0) is 48.3 Å². The first kappa shape index (κ1) is 21.8. The van der Waals surface area contributed by atoms with E-state index in [-0.39, 0.29) is 6.61 Å². The lowest BCUT2D eigenvalue weighted by molar-refractivity contribution is -0.147. The number of carbonyl (C=O) groups excluding carboxylic acids is 3. The normalized spacial score (nSPS) is 11.5. The fourth-order valence-corrected chi connectivity index (χ4v) is 3.08. The summed E-state index contributed by atoms with van der Waals surface area (Å²) in [5.74, 6) is -0.813. The minimum atomic E-state index is -0.791. The molecule has 2 amide bonds. The zero-order valence-electron chi connectivity index (χ0n) is 15.3. The molecule has 0 heterocycles. The number of hydrogen-bond acceptors (Lipinski definition) is 5. The van der Waals surface area contributed by atoms with E-state index >= 15 is 0 Å². The molecule has 0 aliphatic carbocycles. The number of amides is 2. The summed E-state index contributed by atoms with van der Waals surface area (Å²) in [7, 11) is 0. The summed E-state index contributed by atoms with van der Waals surface area (Å²) in [5, 5.41) is 3.01. The Morgan fingerprint density at radius 2 is 1.82 bits per heavy atom. The molecule has 0 saturated heterocycles. The first-order chi connectivity index (χ1) is 13.4. The molecule has 0 fully saturated rings. The van der Waals surface area contributed by atoms with Gasteiger partial charge >= 0.3 is 5.97 Å². The maximum Gasteiger partial charge on any atom is 0.329 e. The number of rotatable bonds is 9. The molecule has 0 bridgehead atoms. The van der Waals surface area contributed by atoms with Crippen LogP contribution >= 0.6 is 23.4 Å². The second kappa shape index (κ2) is 10.7. The van der Waals surface area contributed by atoms with Crippen LogP contribution in [-0.2, 0) is 16.1 Å². The molecule has 148 valence electrons. The van der Waals surface area contributed by atoms with Crippen molar-refractivity contribution in [2.24, 2.45) is 5.73 Å². The van der Waals surface area contributed by atoms with E-state index < -0.39 is 23.8 Å². The Morgan fingerprint density at radius 3 is 2.43 bits per heavy atom. The van der Waals surface area contributed by atoms with Gasteiger partial charge in [-0.3, -0.25) is 9.59 Å². The first-order valence-corrected chi connectivity index (χ1v) is 10.3. The first-order valence-electron chi connectivity index (χ1n) is 8.52. The number of nitrogens with one attached hydrogen (secondary N) is 1. The minimum absolute atomic E-state index is 0.0234. The number of esters is 1. The largest absolute Gasteiger partial charge is 0.459 e. The second-order valence-corrected chi connectivity index (χ2v) is 7.35. The molecule has 0 saturated carbocycles. The lowest BCUT2D eigenvalue weighted by Gasteiger charge is -2.18. The quantitative estimate of drug-likeness (QED) is 0.607. The topological polar surface area (TPSA) is 98.5 Å². The molecule has 0 aliphatic rings. The van der Waals surface area contributed by atoms with E-state index in [1.165, 1.54) is 0 Å². The van der Waals surface area contributed by atoms with Crippen LogP contribution in [0.5, 0.6) is 0 Å². The Morgan fingerprint density at radius 1 is 1.14 bits per heavy atom. The molecule has 8 heteroatoms. The van der Waals surface area contributed by atoms with Gasteiger partial charge in [-0.15, -0.1) is 0 Å². The molecular formula is C20H21ClN2O4S. The average molecular weight is 421 g/mol. The highest BCUT2D eigenvalue weighted by Crippen LogP contribution is 2.15. The second-order valence-electron chi connectivity index (χ2n) is 5.96. The lowest BCUT2D eigenvalue weighted by Crippen LogP contribution is -2.42. The molecule has 2 rings (SSSR count). The van der Waals surface area contributed by atoms with Crippen LogP contribution in [0.2, 0.25) is 5.02 Å². The monoisotopic (exact) mass is 420 g/mol. The summed E-state index contributed by atoms with van der Waals surface area (Å²) in [6.07, 6.45) is 2.34. The predicted octanol–water partition coefficient (Wildman–Crippen LogP) is 3.03. The minimum Gasteiger partial charge on any atom is -0.459 e. The molecule has 2 aromatic carbocycles. The highest BCUT2D eigenvalue weighted by Gasteiger charge is 2.23. The van der Waals surface area contributed by atoms with Gasteiger partial charge < -0.3 is 15.8 Å². The molecule has 3 N–H and O–H groups in total. The highest BCUT2D eigenvalue weighted by molar-refractivity contribution is 7.98. The molecule has 6 nitrogen and oxygen atoms in total. The Kier molecular flexibility index (Phi) is 8.35.